The van der Waals surface area contributed by atoms with Crippen LogP contribution in [0.25, 0.3) is 0 Å². The van der Waals surface area contributed by atoms with Gasteiger partial charge in [-0.3, -0.25) is 4.79 Å². The van der Waals surface area contributed by atoms with E-state index in [1.54, 1.807) is 42.5 Å². The lowest BCUT2D eigenvalue weighted by atomic mass is 9.95. The molecule has 4 rings (SSSR count). The molecule has 0 unspecified atom stereocenters. The fraction of sp³-hybridized carbons (Fsp3) is 0.217. The average Bonchev–Trinajstić information content (AvgIpc) is 3.23. The molecule has 0 radical (unpaired) electrons. The summed E-state index contributed by atoms with van der Waals surface area (Å²) in [6.07, 6.45) is 4.29. The normalized spacial score (nSPS) is 14.0. The van der Waals surface area contributed by atoms with Gasteiger partial charge in [-0.05, 0) is 80.1 Å². The van der Waals surface area contributed by atoms with Crippen LogP contribution in [0.15, 0.2) is 63.9 Å². The van der Waals surface area contributed by atoms with Gasteiger partial charge in [-0.1, -0.05) is 12.1 Å². The van der Waals surface area contributed by atoms with Crippen molar-refractivity contribution in [3.8, 4) is 0 Å². The molecule has 6 nitrogen and oxygen atoms in total. The molecule has 0 saturated heterocycles. The van der Waals surface area contributed by atoms with E-state index in [2.05, 4.69) is 15.2 Å². The van der Waals surface area contributed by atoms with E-state index in [4.69, 9.17) is 0 Å². The summed E-state index contributed by atoms with van der Waals surface area (Å²) in [5, 5.41) is 8.81. The van der Waals surface area contributed by atoms with Crippen LogP contribution in [-0.4, -0.2) is 20.0 Å². The molecule has 9 heteroatoms. The summed E-state index contributed by atoms with van der Waals surface area (Å²) in [5.74, 6) is -0.635. The number of anilines is 1. The fourth-order valence-corrected chi connectivity index (χ4v) is 5.52. The Morgan fingerprint density at radius 1 is 1.03 bits per heavy atom. The smallest absolute Gasteiger partial charge is 0.276 e. The number of carbonyl (C=O) groups is 1. The third-order valence-corrected chi connectivity index (χ3v) is 7.64. The Bertz CT molecular complexity index is 1260. The lowest BCUT2D eigenvalue weighted by molar-refractivity contribution is 0.102. The van der Waals surface area contributed by atoms with Gasteiger partial charge < -0.3 is 5.32 Å². The summed E-state index contributed by atoms with van der Waals surface area (Å²) >= 11 is 1.65. The van der Waals surface area contributed by atoms with Crippen LogP contribution in [-0.2, 0) is 22.9 Å². The lowest BCUT2D eigenvalue weighted by Gasteiger charge is -2.13. The molecule has 0 saturated carbocycles. The monoisotopic (exact) mass is 471 g/mol. The van der Waals surface area contributed by atoms with Crippen molar-refractivity contribution in [3.63, 3.8) is 0 Å². The maximum Gasteiger partial charge on any atom is 0.276 e. The Kier molecular flexibility index (Phi) is 6.38. The van der Waals surface area contributed by atoms with Gasteiger partial charge in [0.1, 0.15) is 5.82 Å². The lowest BCUT2D eigenvalue weighted by Crippen LogP contribution is -2.20. The zero-order valence-electron chi connectivity index (χ0n) is 17.4. The van der Waals surface area contributed by atoms with Crippen LogP contribution in [0.1, 0.15) is 46.1 Å². The van der Waals surface area contributed by atoms with Crippen molar-refractivity contribution in [1.29, 1.82) is 0 Å². The Morgan fingerprint density at radius 2 is 1.72 bits per heavy atom. The van der Waals surface area contributed by atoms with E-state index in [9.17, 15) is 17.6 Å². The highest BCUT2D eigenvalue weighted by Gasteiger charge is 2.20. The third kappa shape index (κ3) is 4.89. The van der Waals surface area contributed by atoms with E-state index in [1.807, 2.05) is 5.38 Å². The number of fused-ring (bicyclic) bond motifs is 1. The fourth-order valence-electron chi connectivity index (χ4n) is 3.54. The first kappa shape index (κ1) is 22.2. The van der Waals surface area contributed by atoms with Crippen LogP contribution in [0.3, 0.4) is 0 Å². The number of hydrogen-bond donors (Lipinski definition) is 2. The van der Waals surface area contributed by atoms with E-state index >= 15 is 0 Å². The molecule has 1 aliphatic carbocycles. The maximum absolute atomic E-state index is 13.0. The first-order chi connectivity index (χ1) is 15.3. The van der Waals surface area contributed by atoms with Crippen molar-refractivity contribution in [2.45, 2.75) is 37.5 Å². The Morgan fingerprint density at radius 3 is 2.44 bits per heavy atom. The molecule has 0 bridgehead atoms. The van der Waals surface area contributed by atoms with Crippen molar-refractivity contribution in [3.05, 3.63) is 81.3 Å². The van der Waals surface area contributed by atoms with Crippen LogP contribution in [0.2, 0.25) is 0 Å². The molecule has 1 aromatic heterocycles. The number of halogens is 1. The number of hydrazone groups is 1. The molecule has 1 amide bonds. The molecule has 2 aromatic carbocycles. The molecule has 0 atom stereocenters. The quantitative estimate of drug-likeness (QED) is 0.403. The highest BCUT2D eigenvalue weighted by molar-refractivity contribution is 7.89. The molecule has 3 aromatic rings. The average molecular weight is 472 g/mol. The number of hydrogen-bond acceptors (Lipinski definition) is 5. The Balaban J connectivity index is 1.42. The largest absolute Gasteiger partial charge is 0.322 e. The van der Waals surface area contributed by atoms with Gasteiger partial charge in [-0.2, -0.15) is 18.4 Å². The van der Waals surface area contributed by atoms with Crippen LogP contribution in [0.4, 0.5) is 10.1 Å². The van der Waals surface area contributed by atoms with Gasteiger partial charge in [0.2, 0.25) is 0 Å². The number of nitrogens with one attached hydrogen (secondary N) is 2. The minimum Gasteiger partial charge on any atom is -0.322 e. The van der Waals surface area contributed by atoms with Crippen LogP contribution < -0.4 is 10.1 Å². The second-order valence-corrected chi connectivity index (χ2v) is 10.2. The van der Waals surface area contributed by atoms with Gasteiger partial charge in [0.25, 0.3) is 15.9 Å². The van der Waals surface area contributed by atoms with Crippen LogP contribution in [0, 0.1) is 5.82 Å². The maximum atomic E-state index is 13.0. The molecule has 2 N–H and O–H groups in total. The summed E-state index contributed by atoms with van der Waals surface area (Å²) in [7, 11) is -3.90. The number of thiophene rings is 1. The summed E-state index contributed by atoms with van der Waals surface area (Å²) < 4.78 is 37.6. The zero-order chi connectivity index (χ0) is 22.7. The Labute approximate surface area is 190 Å². The first-order valence-corrected chi connectivity index (χ1v) is 12.5. The van der Waals surface area contributed by atoms with Gasteiger partial charge in [-0.15, -0.1) is 11.3 Å². The highest BCUT2D eigenvalue weighted by atomic mass is 32.2. The summed E-state index contributed by atoms with van der Waals surface area (Å²) in [4.78, 5) is 16.1. The van der Waals surface area contributed by atoms with Crippen molar-refractivity contribution >= 4 is 38.7 Å². The predicted molar refractivity (Wildman–Crippen MR) is 124 cm³/mol. The van der Waals surface area contributed by atoms with Gasteiger partial charge >= 0.3 is 0 Å². The topological polar surface area (TPSA) is 87.6 Å². The summed E-state index contributed by atoms with van der Waals surface area (Å²) in [5.41, 5.74) is 3.71. The molecule has 0 aliphatic heterocycles. The SMILES string of the molecule is C/C(=N\NS(=O)(=O)c1ccc(F)cc1)c1ccc(NC(=O)c2csc3c2CCCC3)cc1. The Hall–Kier alpha value is -3.04. The third-order valence-electron chi connectivity index (χ3n) is 5.32. The van der Waals surface area contributed by atoms with E-state index in [-0.39, 0.29) is 10.8 Å². The number of aryl methyl sites for hydroxylation is 1. The minimum atomic E-state index is -3.90. The van der Waals surface area contributed by atoms with Crippen molar-refractivity contribution in [2.75, 3.05) is 5.32 Å². The van der Waals surface area contributed by atoms with E-state index in [0.717, 1.165) is 37.0 Å². The molecule has 1 aliphatic rings. The number of rotatable bonds is 6. The van der Waals surface area contributed by atoms with Crippen molar-refractivity contribution in [1.82, 2.24) is 4.83 Å². The summed E-state index contributed by atoms with van der Waals surface area (Å²) in [6.45, 7) is 1.67. The zero-order valence-corrected chi connectivity index (χ0v) is 19.0. The molecule has 1 heterocycles. The summed E-state index contributed by atoms with van der Waals surface area (Å²) in [6, 6.07) is 11.5. The van der Waals surface area contributed by atoms with Gasteiger partial charge in [-0.25, -0.2) is 4.39 Å². The number of carbonyl (C=O) groups excluding carboxylic acids is 1. The van der Waals surface area contributed by atoms with E-state index in [1.165, 1.54) is 29.0 Å². The van der Waals surface area contributed by atoms with Gasteiger partial charge in [0, 0.05) is 15.9 Å². The molecule has 32 heavy (non-hydrogen) atoms. The standard InChI is InChI=1S/C23H22FN3O3S2/c1-15(26-27-32(29,30)19-12-8-17(24)9-13-19)16-6-10-18(11-7-16)25-23(28)21-14-31-22-5-3-2-4-20(21)22/h6-14,27H,2-5H2,1H3,(H,25,28)/b26-15+. The number of benzene rings is 2. The molecule has 166 valence electrons. The molecular formula is C23H22FN3O3S2. The second kappa shape index (κ2) is 9.22. The predicted octanol–water partition coefficient (Wildman–Crippen LogP) is 4.72. The first-order valence-electron chi connectivity index (χ1n) is 10.2. The van der Waals surface area contributed by atoms with Gasteiger partial charge in [0.15, 0.2) is 0 Å². The van der Waals surface area contributed by atoms with Crippen molar-refractivity contribution < 1.29 is 17.6 Å². The molecule has 0 spiro atoms. The van der Waals surface area contributed by atoms with Crippen LogP contribution >= 0.6 is 11.3 Å². The van der Waals surface area contributed by atoms with Gasteiger partial charge in [0.05, 0.1) is 16.2 Å². The molecule has 0 fully saturated rings. The second-order valence-electron chi connectivity index (χ2n) is 7.54. The molecular weight excluding hydrogens is 449 g/mol. The number of nitrogens with zero attached hydrogens (tertiary/aromatic N) is 1. The number of amides is 1. The van der Waals surface area contributed by atoms with E-state index in [0.29, 0.717) is 17.0 Å². The van der Waals surface area contributed by atoms with Crippen LogP contribution in [0.5, 0.6) is 0 Å². The van der Waals surface area contributed by atoms with Crippen molar-refractivity contribution in [2.24, 2.45) is 5.10 Å². The van der Waals surface area contributed by atoms with E-state index < -0.39 is 15.8 Å². The number of sulfonamides is 1. The highest BCUT2D eigenvalue weighted by Crippen LogP contribution is 2.30. The minimum absolute atomic E-state index is 0.0795.